The van der Waals surface area contributed by atoms with Gasteiger partial charge in [-0.05, 0) is 54.7 Å². The fourth-order valence-electron chi connectivity index (χ4n) is 4.46. The SMILES string of the molecule is CC(C)(C)C(=O)[C@@H](NC(=O)[C@H](Cc1ccc(O)c(Cl)c1)NC(=O)c1cc(Cl)cc(Cl)c1)C1CCCC1. The molecule has 2 atom stereocenters. The molecule has 0 saturated heterocycles. The molecule has 194 valence electrons. The molecule has 0 radical (unpaired) electrons. The Balaban J connectivity index is 1.89. The zero-order valence-corrected chi connectivity index (χ0v) is 22.8. The number of Topliss-reactive ketones (excluding diaryl/α,β-unsaturated/α-hetero) is 1. The molecule has 0 heterocycles. The average molecular weight is 554 g/mol. The van der Waals surface area contributed by atoms with Crippen molar-refractivity contribution in [2.45, 2.75) is 65.0 Å². The summed E-state index contributed by atoms with van der Waals surface area (Å²) in [6.45, 7) is 5.51. The fourth-order valence-corrected chi connectivity index (χ4v) is 5.19. The number of benzene rings is 2. The number of carbonyl (C=O) groups is 3. The zero-order chi connectivity index (χ0) is 26.6. The second-order valence-electron chi connectivity index (χ2n) is 10.3. The number of ketones is 1. The van der Waals surface area contributed by atoms with Gasteiger partial charge in [0.2, 0.25) is 5.91 Å². The number of phenolic OH excluding ortho intramolecular Hbond substituents is 1. The molecule has 0 aromatic heterocycles. The van der Waals surface area contributed by atoms with E-state index in [-0.39, 0.29) is 44.5 Å². The number of aromatic hydroxyl groups is 1. The lowest BCUT2D eigenvalue weighted by molar-refractivity contribution is -0.134. The van der Waals surface area contributed by atoms with Gasteiger partial charge in [-0.3, -0.25) is 14.4 Å². The first-order chi connectivity index (χ1) is 16.8. The van der Waals surface area contributed by atoms with E-state index >= 15 is 0 Å². The van der Waals surface area contributed by atoms with Crippen LogP contribution in [0.3, 0.4) is 0 Å². The van der Waals surface area contributed by atoms with Crippen LogP contribution in [0, 0.1) is 11.3 Å². The highest BCUT2D eigenvalue weighted by Crippen LogP contribution is 2.32. The van der Waals surface area contributed by atoms with Gasteiger partial charge >= 0.3 is 0 Å². The van der Waals surface area contributed by atoms with E-state index in [0.717, 1.165) is 25.7 Å². The van der Waals surface area contributed by atoms with Gasteiger partial charge in [0.25, 0.3) is 5.91 Å². The second-order valence-corrected chi connectivity index (χ2v) is 11.6. The van der Waals surface area contributed by atoms with E-state index in [9.17, 15) is 19.5 Å². The maximum absolute atomic E-state index is 13.6. The summed E-state index contributed by atoms with van der Waals surface area (Å²) >= 11 is 18.2. The van der Waals surface area contributed by atoms with Crippen LogP contribution in [0.4, 0.5) is 0 Å². The highest BCUT2D eigenvalue weighted by Gasteiger charge is 2.38. The quantitative estimate of drug-likeness (QED) is 0.374. The number of amides is 2. The summed E-state index contributed by atoms with van der Waals surface area (Å²) in [6.07, 6.45) is 3.83. The zero-order valence-electron chi connectivity index (χ0n) is 20.5. The second kappa shape index (κ2) is 11.8. The Hall–Kier alpha value is -2.28. The summed E-state index contributed by atoms with van der Waals surface area (Å²) in [7, 11) is 0. The molecule has 1 fully saturated rings. The van der Waals surface area contributed by atoms with E-state index in [4.69, 9.17) is 34.8 Å². The molecular formula is C27H31Cl3N2O4. The van der Waals surface area contributed by atoms with Gasteiger partial charge in [0.1, 0.15) is 11.8 Å². The molecule has 0 aliphatic heterocycles. The number of halogens is 3. The third-order valence-electron chi connectivity index (χ3n) is 6.39. The summed E-state index contributed by atoms with van der Waals surface area (Å²) in [5.74, 6) is -1.09. The first-order valence-electron chi connectivity index (χ1n) is 11.9. The molecule has 3 rings (SSSR count). The molecule has 1 saturated carbocycles. The molecule has 3 N–H and O–H groups in total. The standard InChI is InChI=1S/C27H31Cl3N2O4/c1-27(2,3)24(34)23(16-6-4-5-7-16)32-26(36)21(11-15-8-9-22(33)20(30)10-15)31-25(35)17-12-18(28)14-19(29)13-17/h8-10,12-14,16,21,23,33H,4-7,11H2,1-3H3,(H,31,35)(H,32,36)/t21-,23-/m0/s1. The molecule has 0 spiro atoms. The van der Waals surface area contributed by atoms with Crippen LogP contribution < -0.4 is 10.6 Å². The summed E-state index contributed by atoms with van der Waals surface area (Å²) in [4.78, 5) is 39.9. The molecular weight excluding hydrogens is 523 g/mol. The van der Waals surface area contributed by atoms with Gasteiger partial charge < -0.3 is 15.7 Å². The van der Waals surface area contributed by atoms with Crippen molar-refractivity contribution in [1.29, 1.82) is 0 Å². The van der Waals surface area contributed by atoms with Crippen LogP contribution in [0.1, 0.15) is 62.4 Å². The van der Waals surface area contributed by atoms with Crippen molar-refractivity contribution in [2.24, 2.45) is 11.3 Å². The summed E-state index contributed by atoms with van der Waals surface area (Å²) in [5, 5.41) is 16.2. The lowest BCUT2D eigenvalue weighted by Gasteiger charge is -2.31. The Morgan fingerprint density at radius 2 is 1.58 bits per heavy atom. The van der Waals surface area contributed by atoms with Crippen molar-refractivity contribution < 1.29 is 19.5 Å². The number of hydrogen-bond acceptors (Lipinski definition) is 4. The molecule has 36 heavy (non-hydrogen) atoms. The van der Waals surface area contributed by atoms with Gasteiger partial charge in [0.05, 0.1) is 11.1 Å². The number of rotatable bonds is 8. The summed E-state index contributed by atoms with van der Waals surface area (Å²) in [6, 6.07) is 7.34. The topological polar surface area (TPSA) is 95.5 Å². The molecule has 0 bridgehead atoms. The van der Waals surface area contributed by atoms with E-state index in [1.807, 2.05) is 20.8 Å². The predicted octanol–water partition coefficient (Wildman–Crippen LogP) is 5.98. The molecule has 0 unspecified atom stereocenters. The molecule has 6 nitrogen and oxygen atoms in total. The number of carbonyl (C=O) groups excluding carboxylic acids is 3. The lowest BCUT2D eigenvalue weighted by atomic mass is 9.80. The third-order valence-corrected chi connectivity index (χ3v) is 7.13. The van der Waals surface area contributed by atoms with Crippen molar-refractivity contribution in [3.8, 4) is 5.75 Å². The highest BCUT2D eigenvalue weighted by molar-refractivity contribution is 6.35. The minimum atomic E-state index is -1.02. The van der Waals surface area contributed by atoms with Crippen LogP contribution in [0.5, 0.6) is 5.75 Å². The van der Waals surface area contributed by atoms with Gasteiger partial charge in [0, 0.05) is 27.4 Å². The highest BCUT2D eigenvalue weighted by atomic mass is 35.5. The average Bonchev–Trinajstić information content (AvgIpc) is 3.32. The normalized spacial score (nSPS) is 15.8. The van der Waals surface area contributed by atoms with E-state index in [1.54, 1.807) is 6.07 Å². The molecule has 2 aromatic rings. The van der Waals surface area contributed by atoms with E-state index in [0.29, 0.717) is 5.56 Å². The van der Waals surface area contributed by atoms with Crippen LogP contribution in [0.2, 0.25) is 15.1 Å². The van der Waals surface area contributed by atoms with Crippen LogP contribution >= 0.6 is 34.8 Å². The van der Waals surface area contributed by atoms with Gasteiger partial charge in [-0.2, -0.15) is 0 Å². The van der Waals surface area contributed by atoms with Gasteiger partial charge in [-0.25, -0.2) is 0 Å². The number of phenols is 1. The van der Waals surface area contributed by atoms with Gasteiger partial charge in [0.15, 0.2) is 5.78 Å². The Kier molecular flexibility index (Phi) is 9.31. The summed E-state index contributed by atoms with van der Waals surface area (Å²) in [5.41, 5.74) is 0.190. The Labute approximate surface area is 226 Å². The van der Waals surface area contributed by atoms with Crippen molar-refractivity contribution in [3.63, 3.8) is 0 Å². The van der Waals surface area contributed by atoms with Crippen molar-refractivity contribution in [2.75, 3.05) is 0 Å². The maximum Gasteiger partial charge on any atom is 0.252 e. The first kappa shape index (κ1) is 28.3. The van der Waals surface area contributed by atoms with E-state index in [1.165, 1.54) is 30.3 Å². The van der Waals surface area contributed by atoms with Crippen LogP contribution in [-0.4, -0.2) is 34.8 Å². The van der Waals surface area contributed by atoms with E-state index in [2.05, 4.69) is 10.6 Å². The molecule has 2 aromatic carbocycles. The minimum Gasteiger partial charge on any atom is -0.506 e. The van der Waals surface area contributed by atoms with Crippen LogP contribution in [0.15, 0.2) is 36.4 Å². The Bertz CT molecular complexity index is 1120. The van der Waals surface area contributed by atoms with Crippen LogP contribution in [-0.2, 0) is 16.0 Å². The molecule has 2 amide bonds. The Morgan fingerprint density at radius 3 is 2.14 bits per heavy atom. The minimum absolute atomic E-state index is 0.0397. The maximum atomic E-state index is 13.6. The van der Waals surface area contributed by atoms with Crippen molar-refractivity contribution in [1.82, 2.24) is 10.6 Å². The largest absolute Gasteiger partial charge is 0.506 e. The van der Waals surface area contributed by atoms with Crippen LogP contribution in [0.25, 0.3) is 0 Å². The smallest absolute Gasteiger partial charge is 0.252 e. The fraction of sp³-hybridized carbons (Fsp3) is 0.444. The molecule has 1 aliphatic rings. The molecule has 9 heteroatoms. The predicted molar refractivity (Wildman–Crippen MR) is 143 cm³/mol. The van der Waals surface area contributed by atoms with Crippen molar-refractivity contribution >= 4 is 52.4 Å². The molecule has 1 aliphatic carbocycles. The first-order valence-corrected chi connectivity index (χ1v) is 13.1. The monoisotopic (exact) mass is 552 g/mol. The van der Waals surface area contributed by atoms with Crippen molar-refractivity contribution in [3.05, 3.63) is 62.6 Å². The van der Waals surface area contributed by atoms with Gasteiger partial charge in [-0.15, -0.1) is 0 Å². The lowest BCUT2D eigenvalue weighted by Crippen LogP contribution is -2.56. The number of nitrogens with one attached hydrogen (secondary N) is 2. The Morgan fingerprint density at radius 1 is 0.972 bits per heavy atom. The third kappa shape index (κ3) is 7.37. The van der Waals surface area contributed by atoms with E-state index < -0.39 is 29.3 Å². The summed E-state index contributed by atoms with van der Waals surface area (Å²) < 4.78 is 0. The van der Waals surface area contributed by atoms with Gasteiger partial charge in [-0.1, -0.05) is 74.5 Å². The number of hydrogen-bond donors (Lipinski definition) is 3.